The molecule has 4 nitrogen and oxygen atoms in total. The molecular weight excluding hydrogens is 368 g/mol. The van der Waals surface area contributed by atoms with Crippen LogP contribution in [-0.4, -0.2) is 38.3 Å². The summed E-state index contributed by atoms with van der Waals surface area (Å²) in [6, 6.07) is 4.45. The van der Waals surface area contributed by atoms with Crippen molar-refractivity contribution in [2.75, 3.05) is 27.3 Å². The van der Waals surface area contributed by atoms with Crippen molar-refractivity contribution < 1.29 is 9.47 Å². The summed E-state index contributed by atoms with van der Waals surface area (Å²) < 4.78 is 11.8. The van der Waals surface area contributed by atoms with Crippen LogP contribution in [0.2, 0.25) is 0 Å². The molecule has 1 aliphatic heterocycles. The normalized spacial score (nSPS) is 27.4. The molecule has 0 amide bonds. The maximum atomic E-state index is 6.22. The third kappa shape index (κ3) is 3.37. The highest BCUT2D eigenvalue weighted by atomic mass is 79.9. The second-order valence-corrected chi connectivity index (χ2v) is 7.01. The molecule has 0 spiro atoms. The molecule has 0 radical (unpaired) electrons. The van der Waals surface area contributed by atoms with E-state index in [4.69, 9.17) is 15.2 Å². The molecule has 1 aromatic carbocycles. The van der Waals surface area contributed by atoms with Crippen molar-refractivity contribution in [3.63, 3.8) is 0 Å². The first-order valence-electron chi connectivity index (χ1n) is 7.50. The van der Waals surface area contributed by atoms with Crippen LogP contribution in [0.3, 0.4) is 0 Å². The molecule has 0 aromatic heterocycles. The molecule has 3 unspecified atom stereocenters. The minimum Gasteiger partial charge on any atom is -0.493 e. The Morgan fingerprint density at radius 1 is 1.18 bits per heavy atom. The van der Waals surface area contributed by atoms with Gasteiger partial charge < -0.3 is 15.2 Å². The number of ether oxygens (including phenoxy) is 2. The number of fused-ring (bicyclic) bond motifs is 1. The van der Waals surface area contributed by atoms with E-state index in [2.05, 4.69) is 26.9 Å². The molecule has 1 saturated heterocycles. The van der Waals surface area contributed by atoms with Gasteiger partial charge in [0, 0.05) is 30.1 Å². The number of halogens is 2. The first-order chi connectivity index (χ1) is 10.1. The Morgan fingerprint density at radius 3 is 2.50 bits per heavy atom. The van der Waals surface area contributed by atoms with Gasteiger partial charge in [0.05, 0.1) is 14.2 Å². The van der Waals surface area contributed by atoms with E-state index >= 15 is 0 Å². The van der Waals surface area contributed by atoms with Crippen molar-refractivity contribution in [2.24, 2.45) is 17.6 Å². The van der Waals surface area contributed by atoms with Crippen molar-refractivity contribution in [3.05, 3.63) is 22.2 Å². The predicted molar refractivity (Wildman–Crippen MR) is 94.0 cm³/mol. The number of hydrogen-bond acceptors (Lipinski definition) is 4. The third-order valence-corrected chi connectivity index (χ3v) is 5.67. The van der Waals surface area contributed by atoms with Crippen molar-refractivity contribution in [1.29, 1.82) is 0 Å². The fraction of sp³-hybridized carbons (Fsp3) is 0.625. The number of nitrogens with two attached hydrogens (primary N) is 1. The largest absolute Gasteiger partial charge is 0.493 e. The average molecular weight is 392 g/mol. The van der Waals surface area contributed by atoms with Gasteiger partial charge in [0.2, 0.25) is 0 Å². The van der Waals surface area contributed by atoms with Gasteiger partial charge in [-0.3, -0.25) is 4.90 Å². The van der Waals surface area contributed by atoms with Crippen LogP contribution in [0.4, 0.5) is 0 Å². The Morgan fingerprint density at radius 2 is 1.86 bits per heavy atom. The van der Waals surface area contributed by atoms with Crippen molar-refractivity contribution in [2.45, 2.75) is 25.4 Å². The van der Waals surface area contributed by atoms with Crippen LogP contribution in [0.5, 0.6) is 11.5 Å². The number of nitrogens with zero attached hydrogens (tertiary/aromatic N) is 1. The van der Waals surface area contributed by atoms with Crippen LogP contribution in [0.15, 0.2) is 16.6 Å². The van der Waals surface area contributed by atoms with E-state index in [0.29, 0.717) is 12.0 Å². The predicted octanol–water partition coefficient (Wildman–Crippen LogP) is 3.06. The molecule has 3 rings (SSSR count). The Balaban J connectivity index is 0.00000176. The summed E-state index contributed by atoms with van der Waals surface area (Å²) >= 11 is 3.64. The molecule has 0 bridgehead atoms. The first-order valence-corrected chi connectivity index (χ1v) is 8.30. The topological polar surface area (TPSA) is 47.7 Å². The number of rotatable bonds is 4. The highest BCUT2D eigenvalue weighted by molar-refractivity contribution is 9.10. The lowest BCUT2D eigenvalue weighted by Crippen LogP contribution is -2.30. The number of benzene rings is 1. The summed E-state index contributed by atoms with van der Waals surface area (Å²) in [5, 5.41) is 0. The van der Waals surface area contributed by atoms with Gasteiger partial charge in [-0.15, -0.1) is 12.4 Å². The summed E-state index contributed by atoms with van der Waals surface area (Å²) in [6.45, 7) is 3.21. The van der Waals surface area contributed by atoms with E-state index in [1.807, 2.05) is 6.07 Å². The molecule has 2 fully saturated rings. The Kier molecular flexibility index (Phi) is 6.00. The standard InChI is InChI=1S/C16H23BrN2O2.ClH/c1-20-15-5-11(13(17)6-16(15)21-2)8-19-7-10-3-4-14(18)12(10)9-19;/h5-6,10,12,14H,3-4,7-9,18H2,1-2H3;1H. The lowest BCUT2D eigenvalue weighted by Gasteiger charge is -2.20. The van der Waals surface area contributed by atoms with E-state index in [1.54, 1.807) is 14.2 Å². The van der Waals surface area contributed by atoms with Gasteiger partial charge >= 0.3 is 0 Å². The summed E-state index contributed by atoms with van der Waals surface area (Å²) in [5.74, 6) is 3.02. The highest BCUT2D eigenvalue weighted by Gasteiger charge is 2.40. The zero-order valence-electron chi connectivity index (χ0n) is 13.0. The summed E-state index contributed by atoms with van der Waals surface area (Å²) in [4.78, 5) is 2.51. The Bertz CT molecular complexity index is 529. The van der Waals surface area contributed by atoms with Gasteiger partial charge in [-0.1, -0.05) is 15.9 Å². The van der Waals surface area contributed by atoms with Crippen molar-refractivity contribution >= 4 is 28.3 Å². The van der Waals surface area contributed by atoms with Crippen LogP contribution >= 0.6 is 28.3 Å². The third-order valence-electron chi connectivity index (χ3n) is 4.93. The zero-order chi connectivity index (χ0) is 15.0. The minimum absolute atomic E-state index is 0. The molecule has 1 aliphatic carbocycles. The molecule has 124 valence electrons. The lowest BCUT2D eigenvalue weighted by molar-refractivity contribution is 0.296. The van der Waals surface area contributed by atoms with E-state index in [0.717, 1.165) is 35.0 Å². The van der Waals surface area contributed by atoms with Crippen molar-refractivity contribution in [1.82, 2.24) is 4.90 Å². The molecule has 1 saturated carbocycles. The number of methoxy groups -OCH3 is 2. The summed E-state index contributed by atoms with van der Waals surface area (Å²) in [7, 11) is 3.34. The summed E-state index contributed by atoms with van der Waals surface area (Å²) in [6.07, 6.45) is 2.48. The fourth-order valence-corrected chi connectivity index (χ4v) is 4.23. The molecule has 22 heavy (non-hydrogen) atoms. The minimum atomic E-state index is 0. The SMILES string of the molecule is COc1cc(Br)c(CN2CC3CCC(N)C3C2)cc1OC.Cl. The Labute approximate surface area is 146 Å². The smallest absolute Gasteiger partial charge is 0.161 e. The van der Waals surface area contributed by atoms with Crippen LogP contribution in [0, 0.1) is 11.8 Å². The number of hydrogen-bond donors (Lipinski definition) is 1. The van der Waals surface area contributed by atoms with Crippen molar-refractivity contribution in [3.8, 4) is 11.5 Å². The van der Waals surface area contributed by atoms with Gasteiger partial charge in [0.15, 0.2) is 11.5 Å². The maximum Gasteiger partial charge on any atom is 0.161 e. The average Bonchev–Trinajstić information content (AvgIpc) is 3.03. The molecule has 1 heterocycles. The lowest BCUT2D eigenvalue weighted by atomic mass is 9.98. The van der Waals surface area contributed by atoms with E-state index in [9.17, 15) is 0 Å². The monoisotopic (exact) mass is 390 g/mol. The molecule has 2 N–H and O–H groups in total. The van der Waals surface area contributed by atoms with Crippen LogP contribution < -0.4 is 15.2 Å². The zero-order valence-corrected chi connectivity index (χ0v) is 15.5. The molecular formula is C16H24BrClN2O2. The molecule has 1 aromatic rings. The van der Waals surface area contributed by atoms with Gasteiger partial charge in [0.25, 0.3) is 0 Å². The van der Waals surface area contributed by atoms with Gasteiger partial charge in [-0.05, 0) is 42.4 Å². The maximum absolute atomic E-state index is 6.22. The van der Waals surface area contributed by atoms with Gasteiger partial charge in [-0.25, -0.2) is 0 Å². The second kappa shape index (κ2) is 7.39. The highest BCUT2D eigenvalue weighted by Crippen LogP contribution is 2.39. The molecule has 2 aliphatic rings. The van der Waals surface area contributed by atoms with Crippen LogP contribution in [0.1, 0.15) is 18.4 Å². The molecule has 6 heteroatoms. The molecule has 3 atom stereocenters. The van der Waals surface area contributed by atoms with E-state index < -0.39 is 0 Å². The van der Waals surface area contributed by atoms with Gasteiger partial charge in [0.1, 0.15) is 0 Å². The quantitative estimate of drug-likeness (QED) is 0.857. The first kappa shape index (κ1) is 17.9. The number of likely N-dealkylation sites (tertiary alicyclic amines) is 1. The van der Waals surface area contributed by atoms with Crippen LogP contribution in [0.25, 0.3) is 0 Å². The van der Waals surface area contributed by atoms with E-state index in [-0.39, 0.29) is 12.4 Å². The van der Waals surface area contributed by atoms with Crippen LogP contribution in [-0.2, 0) is 6.54 Å². The summed E-state index contributed by atoms with van der Waals surface area (Å²) in [5.41, 5.74) is 7.45. The van der Waals surface area contributed by atoms with Gasteiger partial charge in [-0.2, -0.15) is 0 Å². The van der Waals surface area contributed by atoms with E-state index in [1.165, 1.54) is 24.9 Å². The Hall–Kier alpha value is -0.490. The fourth-order valence-electron chi connectivity index (χ4n) is 3.79. The second-order valence-electron chi connectivity index (χ2n) is 6.16.